The molecule has 0 spiro atoms. The Balaban J connectivity index is 1.59. The average molecular weight is 316 g/mol. The molecule has 4 aliphatic rings. The highest BCUT2D eigenvalue weighted by atomic mass is 16.5. The molecule has 0 saturated heterocycles. The third-order valence-corrected chi connectivity index (χ3v) is 7.42. The molecule has 0 aromatic rings. The standard InChI is InChI=1S/C20H28O3/c1-12(21)23-19-8-7-18-17-5-3-13-11-14(22)4-6-15(13)16(17)9-10-20(18,19)2/h16-19H,3-11H2,1-2H3. The highest BCUT2D eigenvalue weighted by Crippen LogP contribution is 2.61. The maximum Gasteiger partial charge on any atom is 0.302 e. The van der Waals surface area contributed by atoms with E-state index in [1.54, 1.807) is 12.5 Å². The van der Waals surface area contributed by atoms with E-state index in [1.165, 1.54) is 31.3 Å². The lowest BCUT2D eigenvalue weighted by molar-refractivity contribution is -0.155. The topological polar surface area (TPSA) is 43.4 Å². The smallest absolute Gasteiger partial charge is 0.302 e. The molecule has 0 amide bonds. The monoisotopic (exact) mass is 316 g/mol. The molecule has 4 aliphatic carbocycles. The van der Waals surface area contributed by atoms with E-state index in [-0.39, 0.29) is 17.5 Å². The summed E-state index contributed by atoms with van der Waals surface area (Å²) >= 11 is 0. The Bertz CT molecular complexity index is 575. The molecule has 0 aromatic heterocycles. The molecule has 126 valence electrons. The lowest BCUT2D eigenvalue weighted by atomic mass is 9.54. The predicted molar refractivity (Wildman–Crippen MR) is 87.7 cm³/mol. The number of allylic oxidation sites excluding steroid dienone is 2. The maximum absolute atomic E-state index is 11.8. The van der Waals surface area contributed by atoms with Gasteiger partial charge >= 0.3 is 5.97 Å². The second kappa shape index (κ2) is 5.46. The van der Waals surface area contributed by atoms with Gasteiger partial charge < -0.3 is 4.74 Å². The molecule has 5 unspecified atom stereocenters. The number of hydrogen-bond donors (Lipinski definition) is 0. The van der Waals surface area contributed by atoms with Crippen LogP contribution in [-0.2, 0) is 14.3 Å². The van der Waals surface area contributed by atoms with E-state index < -0.39 is 0 Å². The van der Waals surface area contributed by atoms with E-state index in [2.05, 4.69) is 6.92 Å². The molecular weight excluding hydrogens is 288 g/mol. The normalized spacial score (nSPS) is 42.8. The van der Waals surface area contributed by atoms with E-state index in [1.807, 2.05) is 0 Å². The molecule has 0 heterocycles. The Hall–Kier alpha value is -1.12. The number of Topliss-reactive ketones (excluding diaryl/α,β-unsaturated/α-hetero) is 1. The van der Waals surface area contributed by atoms with Gasteiger partial charge in [-0.1, -0.05) is 18.1 Å². The highest BCUT2D eigenvalue weighted by molar-refractivity contribution is 5.82. The molecule has 0 bridgehead atoms. The van der Waals surface area contributed by atoms with Gasteiger partial charge in [0.2, 0.25) is 0 Å². The quantitative estimate of drug-likeness (QED) is 0.538. The van der Waals surface area contributed by atoms with Gasteiger partial charge in [-0.2, -0.15) is 0 Å². The molecule has 3 heteroatoms. The Kier molecular flexibility index (Phi) is 3.66. The van der Waals surface area contributed by atoms with Gasteiger partial charge in [-0.15, -0.1) is 0 Å². The van der Waals surface area contributed by atoms with Crippen molar-refractivity contribution in [2.75, 3.05) is 0 Å². The van der Waals surface area contributed by atoms with Crippen molar-refractivity contribution in [3.05, 3.63) is 11.1 Å². The van der Waals surface area contributed by atoms with E-state index >= 15 is 0 Å². The van der Waals surface area contributed by atoms with Crippen molar-refractivity contribution in [1.29, 1.82) is 0 Å². The minimum atomic E-state index is -0.126. The predicted octanol–water partition coefficient (Wildman–Crippen LogP) is 4.20. The fourth-order valence-corrected chi connectivity index (χ4v) is 6.40. The van der Waals surface area contributed by atoms with Crippen LogP contribution < -0.4 is 0 Å². The van der Waals surface area contributed by atoms with Crippen molar-refractivity contribution < 1.29 is 14.3 Å². The lowest BCUT2D eigenvalue weighted by Crippen LogP contribution is -2.46. The van der Waals surface area contributed by atoms with E-state index in [4.69, 9.17) is 4.74 Å². The summed E-state index contributed by atoms with van der Waals surface area (Å²) in [6, 6.07) is 0. The summed E-state index contributed by atoms with van der Waals surface area (Å²) in [5.41, 5.74) is 3.31. The molecule has 0 aliphatic heterocycles. The van der Waals surface area contributed by atoms with Gasteiger partial charge in [0.25, 0.3) is 0 Å². The summed E-state index contributed by atoms with van der Waals surface area (Å²) in [4.78, 5) is 23.2. The van der Waals surface area contributed by atoms with Gasteiger partial charge in [-0.25, -0.2) is 0 Å². The summed E-state index contributed by atoms with van der Waals surface area (Å²) in [7, 11) is 0. The minimum absolute atomic E-state index is 0.120. The molecule has 4 rings (SSSR count). The zero-order chi connectivity index (χ0) is 16.2. The first-order chi connectivity index (χ1) is 11.0. The molecule has 0 radical (unpaired) electrons. The zero-order valence-corrected chi connectivity index (χ0v) is 14.4. The van der Waals surface area contributed by atoms with Gasteiger partial charge in [-0.05, 0) is 62.7 Å². The first-order valence-corrected chi connectivity index (χ1v) is 9.39. The van der Waals surface area contributed by atoms with Crippen LogP contribution in [0.4, 0.5) is 0 Å². The second-order valence-electron chi connectivity index (χ2n) is 8.48. The van der Waals surface area contributed by atoms with Crippen molar-refractivity contribution in [3.8, 4) is 0 Å². The summed E-state index contributed by atoms with van der Waals surface area (Å²) in [6.45, 7) is 3.90. The summed E-state index contributed by atoms with van der Waals surface area (Å²) in [6.07, 6.45) is 9.64. The summed E-state index contributed by atoms with van der Waals surface area (Å²) < 4.78 is 5.69. The third kappa shape index (κ3) is 2.38. The number of hydrogen-bond acceptors (Lipinski definition) is 3. The van der Waals surface area contributed by atoms with Crippen molar-refractivity contribution in [2.24, 2.45) is 23.2 Å². The minimum Gasteiger partial charge on any atom is -0.462 e. The van der Waals surface area contributed by atoms with Crippen LogP contribution in [0.2, 0.25) is 0 Å². The SMILES string of the molecule is CC(=O)OC1CCC2C3CCC4=C(CCC(=O)C4)C3CCC12C. The molecule has 2 saturated carbocycles. The van der Waals surface area contributed by atoms with Crippen molar-refractivity contribution in [1.82, 2.24) is 0 Å². The largest absolute Gasteiger partial charge is 0.462 e. The number of ketones is 1. The fraction of sp³-hybridized carbons (Fsp3) is 0.800. The Morgan fingerprint density at radius 1 is 1.13 bits per heavy atom. The van der Waals surface area contributed by atoms with Crippen molar-refractivity contribution in [3.63, 3.8) is 0 Å². The molecule has 2 fully saturated rings. The molecule has 0 aromatic carbocycles. The van der Waals surface area contributed by atoms with Gasteiger partial charge in [0, 0.05) is 25.2 Å². The molecule has 5 atom stereocenters. The van der Waals surface area contributed by atoms with Crippen LogP contribution in [0, 0.1) is 23.2 Å². The van der Waals surface area contributed by atoms with Gasteiger partial charge in [0.1, 0.15) is 11.9 Å². The Labute approximate surface area is 138 Å². The van der Waals surface area contributed by atoms with Gasteiger partial charge in [0.15, 0.2) is 0 Å². The first kappa shape index (κ1) is 15.4. The molecule has 0 N–H and O–H groups in total. The van der Waals surface area contributed by atoms with E-state index in [9.17, 15) is 9.59 Å². The van der Waals surface area contributed by atoms with Crippen LogP contribution in [0.25, 0.3) is 0 Å². The lowest BCUT2D eigenvalue weighted by Gasteiger charge is -2.51. The number of esters is 1. The Morgan fingerprint density at radius 3 is 2.74 bits per heavy atom. The highest BCUT2D eigenvalue weighted by Gasteiger charge is 2.56. The van der Waals surface area contributed by atoms with E-state index in [0.717, 1.165) is 38.0 Å². The number of fused-ring (bicyclic) bond motifs is 4. The van der Waals surface area contributed by atoms with Gasteiger partial charge in [-0.3, -0.25) is 9.59 Å². The molecule has 3 nitrogen and oxygen atoms in total. The van der Waals surface area contributed by atoms with Crippen LogP contribution in [0.3, 0.4) is 0 Å². The van der Waals surface area contributed by atoms with Crippen LogP contribution >= 0.6 is 0 Å². The van der Waals surface area contributed by atoms with Crippen LogP contribution in [0.5, 0.6) is 0 Å². The third-order valence-electron chi connectivity index (χ3n) is 7.42. The van der Waals surface area contributed by atoms with Crippen LogP contribution in [-0.4, -0.2) is 17.9 Å². The Morgan fingerprint density at radius 2 is 1.96 bits per heavy atom. The van der Waals surface area contributed by atoms with Crippen LogP contribution in [0.1, 0.15) is 71.6 Å². The van der Waals surface area contributed by atoms with E-state index in [0.29, 0.717) is 17.6 Å². The number of carbonyl (C=O) groups excluding carboxylic acids is 2. The first-order valence-electron chi connectivity index (χ1n) is 9.39. The maximum atomic E-state index is 11.8. The fourth-order valence-electron chi connectivity index (χ4n) is 6.40. The second-order valence-corrected chi connectivity index (χ2v) is 8.48. The molecule has 23 heavy (non-hydrogen) atoms. The number of carbonyl (C=O) groups is 2. The summed E-state index contributed by atoms with van der Waals surface area (Å²) in [5.74, 6) is 2.47. The average Bonchev–Trinajstić information content (AvgIpc) is 2.83. The number of rotatable bonds is 1. The van der Waals surface area contributed by atoms with Crippen LogP contribution in [0.15, 0.2) is 11.1 Å². The van der Waals surface area contributed by atoms with Gasteiger partial charge in [0.05, 0.1) is 0 Å². The zero-order valence-electron chi connectivity index (χ0n) is 14.4. The van der Waals surface area contributed by atoms with Crippen molar-refractivity contribution >= 4 is 11.8 Å². The van der Waals surface area contributed by atoms with Crippen molar-refractivity contribution in [2.45, 2.75) is 77.7 Å². The number of ether oxygens (including phenoxy) is 1. The molecular formula is C20H28O3. The summed E-state index contributed by atoms with van der Waals surface area (Å²) in [5, 5.41) is 0.